The SMILES string of the molecule is CC(C)CCCC(C)NC(=O)N1CCC(NC(=O)c2ccccc2)CC1. The lowest BCUT2D eigenvalue weighted by Crippen LogP contribution is -2.50. The topological polar surface area (TPSA) is 61.4 Å². The Hall–Kier alpha value is -2.04. The molecule has 1 saturated heterocycles. The first-order valence-corrected chi connectivity index (χ1v) is 9.87. The number of rotatable bonds is 7. The highest BCUT2D eigenvalue weighted by Crippen LogP contribution is 2.13. The van der Waals surface area contributed by atoms with Crippen LogP contribution < -0.4 is 10.6 Å². The van der Waals surface area contributed by atoms with Crippen LogP contribution in [-0.2, 0) is 0 Å². The summed E-state index contributed by atoms with van der Waals surface area (Å²) < 4.78 is 0. The van der Waals surface area contributed by atoms with Gasteiger partial charge in [0.1, 0.15) is 0 Å². The quantitative estimate of drug-likeness (QED) is 0.778. The fraction of sp³-hybridized carbons (Fsp3) is 0.619. The second-order valence-electron chi connectivity index (χ2n) is 7.78. The van der Waals surface area contributed by atoms with Gasteiger partial charge < -0.3 is 15.5 Å². The molecule has 0 saturated carbocycles. The van der Waals surface area contributed by atoms with E-state index in [0.717, 1.165) is 25.7 Å². The van der Waals surface area contributed by atoms with E-state index in [1.54, 1.807) is 0 Å². The van der Waals surface area contributed by atoms with Crippen LogP contribution in [0, 0.1) is 5.92 Å². The molecule has 0 bridgehead atoms. The second kappa shape index (κ2) is 10.2. The highest BCUT2D eigenvalue weighted by Gasteiger charge is 2.24. The van der Waals surface area contributed by atoms with Crippen LogP contribution in [0.4, 0.5) is 4.79 Å². The molecule has 1 aliphatic rings. The molecule has 5 heteroatoms. The average molecular weight is 360 g/mol. The molecule has 144 valence electrons. The number of hydrogen-bond acceptors (Lipinski definition) is 2. The van der Waals surface area contributed by atoms with Gasteiger partial charge in [0.25, 0.3) is 5.91 Å². The van der Waals surface area contributed by atoms with E-state index < -0.39 is 0 Å². The summed E-state index contributed by atoms with van der Waals surface area (Å²) in [5.74, 6) is 0.676. The molecule has 2 N–H and O–H groups in total. The minimum atomic E-state index is -0.0349. The Bertz CT molecular complexity index is 566. The van der Waals surface area contributed by atoms with Crippen LogP contribution in [0.2, 0.25) is 0 Å². The molecule has 1 aliphatic heterocycles. The van der Waals surface area contributed by atoms with Crippen molar-refractivity contribution in [3.05, 3.63) is 35.9 Å². The summed E-state index contributed by atoms with van der Waals surface area (Å²) in [7, 11) is 0. The average Bonchev–Trinajstić information content (AvgIpc) is 2.62. The number of urea groups is 1. The van der Waals surface area contributed by atoms with Gasteiger partial charge in [0.2, 0.25) is 0 Å². The van der Waals surface area contributed by atoms with Crippen molar-refractivity contribution in [2.75, 3.05) is 13.1 Å². The molecular formula is C21H33N3O2. The standard InChI is InChI=1S/C21H33N3O2/c1-16(2)8-7-9-17(3)22-21(26)24-14-12-19(13-15-24)23-20(25)18-10-5-4-6-11-18/h4-6,10-11,16-17,19H,7-9,12-15H2,1-3H3,(H,22,26)(H,23,25). The van der Waals surface area contributed by atoms with E-state index in [1.807, 2.05) is 35.2 Å². The largest absolute Gasteiger partial charge is 0.349 e. The molecule has 1 atom stereocenters. The Balaban J connectivity index is 1.69. The van der Waals surface area contributed by atoms with Crippen molar-refractivity contribution in [2.24, 2.45) is 5.92 Å². The van der Waals surface area contributed by atoms with E-state index in [0.29, 0.717) is 24.6 Å². The summed E-state index contributed by atoms with van der Waals surface area (Å²) in [5, 5.41) is 6.18. The monoisotopic (exact) mass is 359 g/mol. The van der Waals surface area contributed by atoms with Crippen molar-refractivity contribution in [1.29, 1.82) is 0 Å². The van der Waals surface area contributed by atoms with Gasteiger partial charge in [-0.05, 0) is 44.2 Å². The number of piperidine rings is 1. The van der Waals surface area contributed by atoms with Crippen LogP contribution in [-0.4, -0.2) is 42.0 Å². The predicted molar refractivity (Wildman–Crippen MR) is 105 cm³/mol. The Morgan fingerprint density at radius 1 is 1.08 bits per heavy atom. The third-order valence-corrected chi connectivity index (χ3v) is 4.94. The van der Waals surface area contributed by atoms with Crippen LogP contribution in [0.1, 0.15) is 63.2 Å². The highest BCUT2D eigenvalue weighted by atomic mass is 16.2. The van der Waals surface area contributed by atoms with Crippen LogP contribution in [0.3, 0.4) is 0 Å². The number of nitrogens with one attached hydrogen (secondary N) is 2. The minimum absolute atomic E-state index is 0.0230. The van der Waals surface area contributed by atoms with Crippen molar-refractivity contribution >= 4 is 11.9 Å². The Kier molecular flexibility index (Phi) is 7.95. The summed E-state index contributed by atoms with van der Waals surface area (Å²) >= 11 is 0. The number of benzene rings is 1. The van der Waals surface area contributed by atoms with E-state index >= 15 is 0 Å². The summed E-state index contributed by atoms with van der Waals surface area (Å²) in [6.07, 6.45) is 4.97. The molecule has 1 aromatic carbocycles. The van der Waals surface area contributed by atoms with Gasteiger partial charge in [-0.1, -0.05) is 44.9 Å². The zero-order chi connectivity index (χ0) is 18.9. The van der Waals surface area contributed by atoms with Gasteiger partial charge in [0.05, 0.1) is 0 Å². The van der Waals surface area contributed by atoms with Crippen LogP contribution in [0.25, 0.3) is 0 Å². The van der Waals surface area contributed by atoms with Gasteiger partial charge in [-0.25, -0.2) is 4.79 Å². The van der Waals surface area contributed by atoms with Crippen LogP contribution in [0.5, 0.6) is 0 Å². The fourth-order valence-electron chi connectivity index (χ4n) is 3.29. The van der Waals surface area contributed by atoms with Crippen molar-refractivity contribution in [2.45, 2.75) is 65.0 Å². The molecule has 0 aliphatic carbocycles. The fourth-order valence-corrected chi connectivity index (χ4v) is 3.29. The molecule has 0 spiro atoms. The van der Waals surface area contributed by atoms with E-state index in [2.05, 4.69) is 31.4 Å². The van der Waals surface area contributed by atoms with Crippen molar-refractivity contribution in [1.82, 2.24) is 15.5 Å². The van der Waals surface area contributed by atoms with Crippen molar-refractivity contribution < 1.29 is 9.59 Å². The molecule has 1 fully saturated rings. The second-order valence-corrected chi connectivity index (χ2v) is 7.78. The molecule has 3 amide bonds. The molecule has 1 heterocycles. The minimum Gasteiger partial charge on any atom is -0.349 e. The smallest absolute Gasteiger partial charge is 0.317 e. The maximum atomic E-state index is 12.4. The molecule has 5 nitrogen and oxygen atoms in total. The van der Waals surface area contributed by atoms with E-state index in [-0.39, 0.29) is 24.0 Å². The van der Waals surface area contributed by atoms with Gasteiger partial charge in [-0.2, -0.15) is 0 Å². The van der Waals surface area contributed by atoms with Crippen molar-refractivity contribution in [3.63, 3.8) is 0 Å². The summed E-state index contributed by atoms with van der Waals surface area (Å²) in [4.78, 5) is 26.5. The molecular weight excluding hydrogens is 326 g/mol. The Labute approximate surface area is 157 Å². The van der Waals surface area contributed by atoms with Gasteiger partial charge in [-0.3, -0.25) is 4.79 Å². The van der Waals surface area contributed by atoms with E-state index in [4.69, 9.17) is 0 Å². The summed E-state index contributed by atoms with van der Waals surface area (Å²) in [6.45, 7) is 7.90. The van der Waals surface area contributed by atoms with Crippen molar-refractivity contribution in [3.8, 4) is 0 Å². The maximum Gasteiger partial charge on any atom is 0.317 e. The zero-order valence-corrected chi connectivity index (χ0v) is 16.3. The third kappa shape index (κ3) is 6.70. The summed E-state index contributed by atoms with van der Waals surface area (Å²) in [6, 6.07) is 9.63. The highest BCUT2D eigenvalue weighted by molar-refractivity contribution is 5.94. The van der Waals surface area contributed by atoms with Gasteiger partial charge in [-0.15, -0.1) is 0 Å². The predicted octanol–water partition coefficient (Wildman–Crippen LogP) is 3.81. The van der Waals surface area contributed by atoms with Gasteiger partial charge >= 0.3 is 6.03 Å². The Morgan fingerprint density at radius 3 is 2.35 bits per heavy atom. The molecule has 1 aromatic rings. The summed E-state index contributed by atoms with van der Waals surface area (Å²) in [5.41, 5.74) is 0.683. The number of hydrogen-bond donors (Lipinski definition) is 2. The van der Waals surface area contributed by atoms with Crippen LogP contribution in [0.15, 0.2) is 30.3 Å². The molecule has 2 rings (SSSR count). The maximum absolute atomic E-state index is 12.4. The number of carbonyl (C=O) groups is 2. The lowest BCUT2D eigenvalue weighted by Gasteiger charge is -2.33. The Morgan fingerprint density at radius 2 is 1.73 bits per heavy atom. The normalized spacial score (nSPS) is 16.4. The third-order valence-electron chi connectivity index (χ3n) is 4.94. The number of carbonyl (C=O) groups excluding carboxylic acids is 2. The lowest BCUT2D eigenvalue weighted by molar-refractivity contribution is 0.0917. The number of nitrogens with zero attached hydrogens (tertiary/aromatic N) is 1. The molecule has 0 aromatic heterocycles. The molecule has 0 radical (unpaired) electrons. The first-order valence-electron chi connectivity index (χ1n) is 9.87. The van der Waals surface area contributed by atoms with Gasteiger partial charge in [0.15, 0.2) is 0 Å². The zero-order valence-electron chi connectivity index (χ0n) is 16.3. The molecule has 1 unspecified atom stereocenters. The first-order chi connectivity index (χ1) is 12.5. The number of likely N-dealkylation sites (tertiary alicyclic amines) is 1. The first kappa shape index (κ1) is 20.3. The molecule has 26 heavy (non-hydrogen) atoms. The lowest BCUT2D eigenvalue weighted by atomic mass is 10.0. The van der Waals surface area contributed by atoms with Gasteiger partial charge in [0, 0.05) is 30.7 Å². The number of amides is 3. The van der Waals surface area contributed by atoms with E-state index in [1.165, 1.54) is 6.42 Å². The van der Waals surface area contributed by atoms with E-state index in [9.17, 15) is 9.59 Å². The van der Waals surface area contributed by atoms with Crippen LogP contribution >= 0.6 is 0 Å².